The van der Waals surface area contributed by atoms with E-state index in [2.05, 4.69) is 0 Å². The molecular formula is C9H7F2NO4. The number of carbonyl (C=O) groups is 1. The van der Waals surface area contributed by atoms with E-state index in [-0.39, 0.29) is 5.56 Å². The number of carboxylic acids is 1. The summed E-state index contributed by atoms with van der Waals surface area (Å²) in [6.45, 7) is 1.19. The van der Waals surface area contributed by atoms with Crippen molar-refractivity contribution < 1.29 is 23.6 Å². The second-order valence-corrected chi connectivity index (χ2v) is 3.07. The van der Waals surface area contributed by atoms with Gasteiger partial charge in [-0.3, -0.25) is 10.1 Å². The number of aromatic carboxylic acids is 1. The highest BCUT2D eigenvalue weighted by Gasteiger charge is 2.22. The lowest BCUT2D eigenvalue weighted by atomic mass is 10.0. The molecule has 1 aromatic carbocycles. The fraction of sp³-hybridized carbons (Fsp3) is 0.222. The predicted molar refractivity (Wildman–Crippen MR) is 49.7 cm³/mol. The number of halogens is 2. The van der Waals surface area contributed by atoms with Crippen LogP contribution in [0.2, 0.25) is 0 Å². The summed E-state index contributed by atoms with van der Waals surface area (Å²) >= 11 is 0. The Labute approximate surface area is 88.5 Å². The Bertz CT molecular complexity index is 459. The molecule has 0 atom stereocenters. The second-order valence-electron chi connectivity index (χ2n) is 3.07. The number of nitrogens with zero attached hydrogens (tertiary/aromatic N) is 1. The van der Waals surface area contributed by atoms with E-state index in [4.69, 9.17) is 5.11 Å². The lowest BCUT2D eigenvalue weighted by molar-refractivity contribution is -0.385. The fourth-order valence-electron chi connectivity index (χ4n) is 1.28. The zero-order valence-electron chi connectivity index (χ0n) is 8.11. The monoisotopic (exact) mass is 231 g/mol. The highest BCUT2D eigenvalue weighted by atomic mass is 19.3. The molecule has 0 radical (unpaired) electrons. The Morgan fingerprint density at radius 3 is 2.44 bits per heavy atom. The molecular weight excluding hydrogens is 224 g/mol. The average Bonchev–Trinajstić information content (AvgIpc) is 2.16. The van der Waals surface area contributed by atoms with Gasteiger partial charge in [-0.25, -0.2) is 13.6 Å². The van der Waals surface area contributed by atoms with E-state index < -0.39 is 34.1 Å². The van der Waals surface area contributed by atoms with Crippen LogP contribution in [0, 0.1) is 17.0 Å². The molecule has 0 amide bonds. The summed E-state index contributed by atoms with van der Waals surface area (Å²) in [5.74, 6) is -1.47. The Hall–Kier alpha value is -2.05. The van der Waals surface area contributed by atoms with Gasteiger partial charge in [0.2, 0.25) is 0 Å². The highest BCUT2D eigenvalue weighted by molar-refractivity contribution is 5.90. The molecule has 0 aliphatic carbocycles. The van der Waals surface area contributed by atoms with E-state index in [1.165, 1.54) is 6.92 Å². The molecule has 0 bridgehead atoms. The molecule has 7 heteroatoms. The molecule has 0 aromatic heterocycles. The molecule has 0 heterocycles. The van der Waals surface area contributed by atoms with Crippen LogP contribution in [0.4, 0.5) is 14.5 Å². The average molecular weight is 231 g/mol. The van der Waals surface area contributed by atoms with Crippen LogP contribution in [0.25, 0.3) is 0 Å². The highest BCUT2D eigenvalue weighted by Crippen LogP contribution is 2.29. The predicted octanol–water partition coefficient (Wildman–Crippen LogP) is 2.54. The van der Waals surface area contributed by atoms with Crippen LogP contribution in [-0.4, -0.2) is 16.0 Å². The van der Waals surface area contributed by atoms with Crippen molar-refractivity contribution in [2.45, 2.75) is 13.3 Å². The van der Waals surface area contributed by atoms with Crippen molar-refractivity contribution in [3.8, 4) is 0 Å². The fourth-order valence-corrected chi connectivity index (χ4v) is 1.28. The first-order valence-electron chi connectivity index (χ1n) is 4.15. The number of non-ortho nitro benzene ring substituents is 1. The van der Waals surface area contributed by atoms with E-state index >= 15 is 0 Å². The van der Waals surface area contributed by atoms with E-state index in [1.54, 1.807) is 0 Å². The third-order valence-corrected chi connectivity index (χ3v) is 2.11. The molecule has 0 fully saturated rings. The van der Waals surface area contributed by atoms with Crippen LogP contribution < -0.4 is 0 Å². The standard InChI is InChI=1S/C9H7F2NO4/c1-4-6(8(10)11)2-5(12(15)16)3-7(4)9(13)14/h2-3,8H,1H3,(H,13,14). The SMILES string of the molecule is Cc1c(C(=O)O)cc([N+](=O)[O-])cc1C(F)F. The largest absolute Gasteiger partial charge is 0.478 e. The molecule has 0 aliphatic heterocycles. The van der Waals surface area contributed by atoms with Gasteiger partial charge in [0.1, 0.15) is 0 Å². The third kappa shape index (κ3) is 2.13. The third-order valence-electron chi connectivity index (χ3n) is 2.11. The van der Waals surface area contributed by atoms with Gasteiger partial charge in [-0.2, -0.15) is 0 Å². The first kappa shape index (κ1) is 12.0. The van der Waals surface area contributed by atoms with Gasteiger partial charge in [0.05, 0.1) is 10.5 Å². The number of hydrogen-bond acceptors (Lipinski definition) is 3. The first-order chi connectivity index (χ1) is 7.34. The summed E-state index contributed by atoms with van der Waals surface area (Å²) in [5, 5.41) is 19.1. The summed E-state index contributed by atoms with van der Waals surface area (Å²) in [4.78, 5) is 20.2. The van der Waals surface area contributed by atoms with E-state index in [1.807, 2.05) is 0 Å². The minimum absolute atomic E-state index is 0.159. The molecule has 0 unspecified atom stereocenters. The van der Waals surface area contributed by atoms with Crippen LogP contribution in [0.1, 0.15) is 27.9 Å². The normalized spacial score (nSPS) is 10.5. The maximum Gasteiger partial charge on any atom is 0.336 e. The number of hydrogen-bond donors (Lipinski definition) is 1. The minimum Gasteiger partial charge on any atom is -0.478 e. The number of carboxylic acid groups (broad SMARTS) is 1. The van der Waals surface area contributed by atoms with Gasteiger partial charge in [-0.05, 0) is 12.5 Å². The second kappa shape index (κ2) is 4.21. The lowest BCUT2D eigenvalue weighted by Crippen LogP contribution is -2.05. The van der Waals surface area contributed by atoms with Crippen molar-refractivity contribution in [1.82, 2.24) is 0 Å². The van der Waals surface area contributed by atoms with Gasteiger partial charge in [0.25, 0.3) is 12.1 Å². The topological polar surface area (TPSA) is 80.4 Å². The molecule has 0 aliphatic rings. The van der Waals surface area contributed by atoms with Gasteiger partial charge >= 0.3 is 5.97 Å². The van der Waals surface area contributed by atoms with Crippen molar-refractivity contribution in [2.75, 3.05) is 0 Å². The Morgan fingerprint density at radius 2 is 2.06 bits per heavy atom. The summed E-state index contributed by atoms with van der Waals surface area (Å²) < 4.78 is 25.0. The van der Waals surface area contributed by atoms with Crippen molar-refractivity contribution in [1.29, 1.82) is 0 Å². The minimum atomic E-state index is -2.95. The summed E-state index contributed by atoms with van der Waals surface area (Å²) in [6.07, 6.45) is -2.95. The number of nitro groups is 1. The zero-order valence-corrected chi connectivity index (χ0v) is 8.11. The number of benzene rings is 1. The molecule has 5 nitrogen and oxygen atoms in total. The van der Waals surface area contributed by atoms with E-state index in [0.717, 1.165) is 6.07 Å². The summed E-state index contributed by atoms with van der Waals surface area (Å²) in [5.41, 5.74) is -1.93. The molecule has 86 valence electrons. The van der Waals surface area contributed by atoms with Gasteiger partial charge < -0.3 is 5.11 Å². The van der Waals surface area contributed by atoms with E-state index in [9.17, 15) is 23.7 Å². The van der Waals surface area contributed by atoms with Crippen LogP contribution in [-0.2, 0) is 0 Å². The van der Waals surface area contributed by atoms with Crippen LogP contribution >= 0.6 is 0 Å². The Morgan fingerprint density at radius 1 is 1.50 bits per heavy atom. The smallest absolute Gasteiger partial charge is 0.336 e. The molecule has 1 rings (SSSR count). The zero-order chi connectivity index (χ0) is 12.5. The van der Waals surface area contributed by atoms with Crippen molar-refractivity contribution in [3.05, 3.63) is 38.9 Å². The summed E-state index contributed by atoms with van der Waals surface area (Å²) in [6, 6.07) is 1.45. The maximum absolute atomic E-state index is 12.5. The lowest BCUT2D eigenvalue weighted by Gasteiger charge is -2.07. The van der Waals surface area contributed by atoms with Gasteiger partial charge in [-0.15, -0.1) is 0 Å². The molecule has 1 N–H and O–H groups in total. The summed E-state index contributed by atoms with van der Waals surface area (Å²) in [7, 11) is 0. The Balaban J connectivity index is 3.51. The van der Waals surface area contributed by atoms with Gasteiger partial charge in [-0.1, -0.05) is 0 Å². The van der Waals surface area contributed by atoms with Crippen molar-refractivity contribution in [2.24, 2.45) is 0 Å². The van der Waals surface area contributed by atoms with Gasteiger partial charge in [0, 0.05) is 17.7 Å². The van der Waals surface area contributed by atoms with Crippen molar-refractivity contribution in [3.63, 3.8) is 0 Å². The molecule has 0 spiro atoms. The van der Waals surface area contributed by atoms with Gasteiger partial charge in [0.15, 0.2) is 0 Å². The van der Waals surface area contributed by atoms with Crippen LogP contribution in [0.15, 0.2) is 12.1 Å². The first-order valence-corrected chi connectivity index (χ1v) is 4.15. The number of rotatable bonds is 3. The Kier molecular flexibility index (Phi) is 3.17. The van der Waals surface area contributed by atoms with Crippen molar-refractivity contribution >= 4 is 11.7 Å². The molecule has 0 saturated carbocycles. The van der Waals surface area contributed by atoms with Crippen LogP contribution in [0.3, 0.4) is 0 Å². The maximum atomic E-state index is 12.5. The molecule has 0 saturated heterocycles. The quantitative estimate of drug-likeness (QED) is 0.640. The number of nitro benzene ring substituents is 1. The van der Waals surface area contributed by atoms with Crippen LogP contribution in [0.5, 0.6) is 0 Å². The molecule has 16 heavy (non-hydrogen) atoms. The van der Waals surface area contributed by atoms with E-state index in [0.29, 0.717) is 6.07 Å². The molecule has 1 aromatic rings. The number of alkyl halides is 2.